The molecular formula is C17H18Cl2N2O3. The number of carbonyl (C=O) groups is 1. The molecule has 0 saturated carbocycles. The van der Waals surface area contributed by atoms with Crippen molar-refractivity contribution in [1.82, 2.24) is 5.32 Å². The highest BCUT2D eigenvalue weighted by molar-refractivity contribution is 6.32. The summed E-state index contributed by atoms with van der Waals surface area (Å²) in [5.41, 5.74) is 1.35. The number of halogens is 2. The van der Waals surface area contributed by atoms with E-state index >= 15 is 0 Å². The molecule has 0 spiro atoms. The molecule has 7 heteroatoms. The molecule has 1 unspecified atom stereocenters. The average Bonchev–Trinajstić information content (AvgIpc) is 2.55. The summed E-state index contributed by atoms with van der Waals surface area (Å²) < 4.78 is 10.4. The van der Waals surface area contributed by atoms with Crippen LogP contribution in [0.4, 0.5) is 10.5 Å². The molecule has 128 valence electrons. The van der Waals surface area contributed by atoms with Crippen molar-refractivity contribution in [2.45, 2.75) is 13.0 Å². The molecule has 0 aromatic heterocycles. The summed E-state index contributed by atoms with van der Waals surface area (Å²) in [7, 11) is 2.99. The third-order valence-electron chi connectivity index (χ3n) is 3.42. The molecule has 2 aromatic rings. The second kappa shape index (κ2) is 8.13. The molecule has 0 radical (unpaired) electrons. The Morgan fingerprint density at radius 2 is 1.79 bits per heavy atom. The van der Waals surface area contributed by atoms with Crippen LogP contribution >= 0.6 is 23.2 Å². The van der Waals surface area contributed by atoms with E-state index in [0.717, 1.165) is 5.56 Å². The van der Waals surface area contributed by atoms with Crippen molar-refractivity contribution in [3.63, 3.8) is 0 Å². The second-order valence-corrected chi connectivity index (χ2v) is 5.91. The first-order chi connectivity index (χ1) is 11.4. The van der Waals surface area contributed by atoms with Crippen molar-refractivity contribution in [2.24, 2.45) is 0 Å². The quantitative estimate of drug-likeness (QED) is 0.789. The summed E-state index contributed by atoms with van der Waals surface area (Å²) in [6.07, 6.45) is 0. The molecule has 0 fully saturated rings. The lowest BCUT2D eigenvalue weighted by molar-refractivity contribution is 0.249. The van der Waals surface area contributed by atoms with Crippen LogP contribution in [0.1, 0.15) is 18.5 Å². The van der Waals surface area contributed by atoms with Crippen molar-refractivity contribution in [2.75, 3.05) is 19.5 Å². The maximum absolute atomic E-state index is 12.2. The SMILES string of the molecule is COc1cc(NC(=O)NC(C)c2cccc(Cl)c2)c(OC)cc1Cl. The number of urea groups is 1. The van der Waals surface area contributed by atoms with E-state index in [2.05, 4.69) is 10.6 Å². The lowest BCUT2D eigenvalue weighted by Gasteiger charge is -2.17. The van der Waals surface area contributed by atoms with E-state index in [-0.39, 0.29) is 12.1 Å². The van der Waals surface area contributed by atoms with E-state index in [1.807, 2.05) is 19.1 Å². The van der Waals surface area contributed by atoms with Crippen LogP contribution in [0.25, 0.3) is 0 Å². The number of hydrogen-bond donors (Lipinski definition) is 2. The fraction of sp³-hybridized carbons (Fsp3) is 0.235. The Kier molecular flexibility index (Phi) is 6.17. The molecule has 0 heterocycles. The number of nitrogens with one attached hydrogen (secondary N) is 2. The molecular weight excluding hydrogens is 351 g/mol. The van der Waals surface area contributed by atoms with E-state index in [1.165, 1.54) is 14.2 Å². The molecule has 2 amide bonds. The van der Waals surface area contributed by atoms with Crippen molar-refractivity contribution in [3.05, 3.63) is 52.0 Å². The van der Waals surface area contributed by atoms with Crippen LogP contribution in [0.15, 0.2) is 36.4 Å². The van der Waals surface area contributed by atoms with Gasteiger partial charge in [-0.1, -0.05) is 35.3 Å². The zero-order chi connectivity index (χ0) is 17.7. The zero-order valence-electron chi connectivity index (χ0n) is 13.5. The Morgan fingerprint density at radius 3 is 2.42 bits per heavy atom. The minimum atomic E-state index is -0.384. The van der Waals surface area contributed by atoms with Crippen LogP contribution in [0.2, 0.25) is 10.0 Å². The van der Waals surface area contributed by atoms with Crippen LogP contribution in [0.5, 0.6) is 11.5 Å². The fourth-order valence-corrected chi connectivity index (χ4v) is 2.60. The summed E-state index contributed by atoms with van der Waals surface area (Å²) in [4.78, 5) is 12.2. The number of rotatable bonds is 5. The predicted octanol–water partition coefficient (Wildman–Crippen LogP) is 4.89. The molecule has 5 nitrogen and oxygen atoms in total. The van der Waals surface area contributed by atoms with Gasteiger partial charge in [-0.15, -0.1) is 0 Å². The molecule has 2 aromatic carbocycles. The topological polar surface area (TPSA) is 59.6 Å². The average molecular weight is 369 g/mol. The number of anilines is 1. The smallest absolute Gasteiger partial charge is 0.319 e. The molecule has 1 atom stereocenters. The van der Waals surface area contributed by atoms with Crippen molar-refractivity contribution in [3.8, 4) is 11.5 Å². The maximum atomic E-state index is 12.2. The van der Waals surface area contributed by atoms with Gasteiger partial charge in [-0.3, -0.25) is 0 Å². The van der Waals surface area contributed by atoms with Crippen molar-refractivity contribution >= 4 is 34.9 Å². The van der Waals surface area contributed by atoms with Crippen LogP contribution in [0.3, 0.4) is 0 Å². The largest absolute Gasteiger partial charge is 0.495 e. The summed E-state index contributed by atoms with van der Waals surface area (Å²) in [6, 6.07) is 9.89. The van der Waals surface area contributed by atoms with Crippen LogP contribution < -0.4 is 20.1 Å². The molecule has 0 aliphatic rings. The van der Waals surface area contributed by atoms with Gasteiger partial charge in [0.25, 0.3) is 0 Å². The Morgan fingerprint density at radius 1 is 1.08 bits per heavy atom. The maximum Gasteiger partial charge on any atom is 0.319 e. The van der Waals surface area contributed by atoms with Crippen LogP contribution in [0, 0.1) is 0 Å². The van der Waals surface area contributed by atoms with E-state index in [1.54, 1.807) is 24.3 Å². The first-order valence-corrected chi connectivity index (χ1v) is 7.94. The molecule has 2 N–H and O–H groups in total. The Balaban J connectivity index is 2.12. The molecule has 0 saturated heterocycles. The Bertz CT molecular complexity index is 738. The highest BCUT2D eigenvalue weighted by Crippen LogP contribution is 2.35. The van der Waals surface area contributed by atoms with E-state index < -0.39 is 0 Å². The van der Waals surface area contributed by atoms with Gasteiger partial charge in [-0.25, -0.2) is 4.79 Å². The van der Waals surface area contributed by atoms with Gasteiger partial charge in [0, 0.05) is 17.2 Å². The Labute approximate surface area is 150 Å². The van der Waals surface area contributed by atoms with Gasteiger partial charge in [0.05, 0.1) is 31.0 Å². The van der Waals surface area contributed by atoms with Crippen molar-refractivity contribution in [1.29, 1.82) is 0 Å². The van der Waals surface area contributed by atoms with Gasteiger partial charge in [0.15, 0.2) is 0 Å². The van der Waals surface area contributed by atoms with E-state index in [4.69, 9.17) is 32.7 Å². The Hall–Kier alpha value is -2.11. The van der Waals surface area contributed by atoms with Gasteiger partial charge in [0.2, 0.25) is 0 Å². The number of hydrogen-bond acceptors (Lipinski definition) is 3. The van der Waals surface area contributed by atoms with Crippen molar-refractivity contribution < 1.29 is 14.3 Å². The molecule has 0 aliphatic carbocycles. The van der Waals surface area contributed by atoms with Crippen LogP contribution in [-0.4, -0.2) is 20.3 Å². The fourth-order valence-electron chi connectivity index (χ4n) is 2.17. The number of benzene rings is 2. The second-order valence-electron chi connectivity index (χ2n) is 5.06. The molecule has 0 bridgehead atoms. The number of carbonyl (C=O) groups excluding carboxylic acids is 1. The van der Waals surface area contributed by atoms with Gasteiger partial charge in [-0.05, 0) is 24.6 Å². The molecule has 2 rings (SSSR count). The lowest BCUT2D eigenvalue weighted by atomic mass is 10.1. The highest BCUT2D eigenvalue weighted by Gasteiger charge is 2.14. The number of amides is 2. The first kappa shape index (κ1) is 18.2. The van der Waals surface area contributed by atoms with Gasteiger partial charge in [-0.2, -0.15) is 0 Å². The summed E-state index contributed by atoms with van der Waals surface area (Å²) >= 11 is 12.0. The minimum Gasteiger partial charge on any atom is -0.495 e. The lowest BCUT2D eigenvalue weighted by Crippen LogP contribution is -2.31. The molecule has 24 heavy (non-hydrogen) atoms. The summed E-state index contributed by atoms with van der Waals surface area (Å²) in [5, 5.41) is 6.58. The number of ether oxygens (including phenoxy) is 2. The van der Waals surface area contributed by atoms with Gasteiger partial charge >= 0.3 is 6.03 Å². The van der Waals surface area contributed by atoms with Gasteiger partial charge in [0.1, 0.15) is 11.5 Å². The third kappa shape index (κ3) is 4.46. The van der Waals surface area contributed by atoms with Crippen LogP contribution in [-0.2, 0) is 0 Å². The summed E-state index contributed by atoms with van der Waals surface area (Å²) in [6.45, 7) is 1.87. The zero-order valence-corrected chi connectivity index (χ0v) is 15.0. The monoisotopic (exact) mass is 368 g/mol. The van der Waals surface area contributed by atoms with Gasteiger partial charge < -0.3 is 20.1 Å². The normalized spacial score (nSPS) is 11.5. The van der Waals surface area contributed by atoms with E-state index in [0.29, 0.717) is 27.2 Å². The number of methoxy groups -OCH3 is 2. The van der Waals surface area contributed by atoms with E-state index in [9.17, 15) is 4.79 Å². The minimum absolute atomic E-state index is 0.219. The summed E-state index contributed by atoms with van der Waals surface area (Å²) in [5.74, 6) is 0.877. The molecule has 0 aliphatic heterocycles. The first-order valence-electron chi connectivity index (χ1n) is 7.19. The highest BCUT2D eigenvalue weighted by atomic mass is 35.5. The third-order valence-corrected chi connectivity index (χ3v) is 3.95. The standard InChI is InChI=1S/C17H18Cl2N2O3/c1-10(11-5-4-6-12(18)7-11)20-17(22)21-14-9-15(23-2)13(19)8-16(14)24-3/h4-10H,1-3H3,(H2,20,21,22). The predicted molar refractivity (Wildman–Crippen MR) is 96.6 cm³/mol.